The van der Waals surface area contributed by atoms with Gasteiger partial charge in [-0.15, -0.1) is 0 Å². The van der Waals surface area contributed by atoms with Crippen molar-refractivity contribution in [2.24, 2.45) is 11.5 Å². The van der Waals surface area contributed by atoms with Gasteiger partial charge in [0.25, 0.3) is 0 Å². The molecule has 41 heavy (non-hydrogen) atoms. The number of carboxylic acid groups (broad SMARTS) is 1. The van der Waals surface area contributed by atoms with E-state index >= 15 is 0 Å². The van der Waals surface area contributed by atoms with Crippen molar-refractivity contribution in [1.82, 2.24) is 15.5 Å². The van der Waals surface area contributed by atoms with Gasteiger partial charge in [0.05, 0.1) is 6.04 Å². The number of benzene rings is 2. The molecule has 9 N–H and O–H groups in total. The Hall–Kier alpha value is -4.65. The number of phenolic OH excluding ortho intramolecular Hbond substituents is 2. The second-order valence-corrected chi connectivity index (χ2v) is 10.0. The van der Waals surface area contributed by atoms with Crippen molar-refractivity contribution in [1.29, 1.82) is 0 Å². The van der Waals surface area contributed by atoms with Gasteiger partial charge in [-0.05, 0) is 61.1 Å². The second kappa shape index (κ2) is 14.1. The molecule has 1 saturated heterocycles. The van der Waals surface area contributed by atoms with Crippen LogP contribution in [-0.4, -0.2) is 80.5 Å². The van der Waals surface area contributed by atoms with Crippen LogP contribution in [0.5, 0.6) is 11.5 Å². The first-order valence-electron chi connectivity index (χ1n) is 13.2. The van der Waals surface area contributed by atoms with Crippen LogP contribution in [0.2, 0.25) is 0 Å². The molecule has 2 aromatic rings. The number of aliphatic carboxylic acids is 1. The summed E-state index contributed by atoms with van der Waals surface area (Å²) in [6, 6.07) is 7.54. The maximum atomic E-state index is 13.3. The highest BCUT2D eigenvalue weighted by atomic mass is 16.4. The number of phenols is 2. The topological polar surface area (TPSA) is 225 Å². The maximum Gasteiger partial charge on any atom is 0.326 e. The molecule has 0 spiro atoms. The molecule has 0 aliphatic carbocycles. The fourth-order valence-corrected chi connectivity index (χ4v) is 4.65. The summed E-state index contributed by atoms with van der Waals surface area (Å²) in [5.41, 5.74) is 12.7. The van der Waals surface area contributed by atoms with Crippen LogP contribution in [0.3, 0.4) is 0 Å². The fraction of sp³-hybridized carbons (Fsp3) is 0.393. The Bertz CT molecular complexity index is 1250. The zero-order valence-electron chi connectivity index (χ0n) is 22.4. The molecule has 13 heteroatoms. The molecule has 13 nitrogen and oxygen atoms in total. The average Bonchev–Trinajstić information content (AvgIpc) is 3.42. The molecule has 1 heterocycles. The SMILES string of the molecule is NC(=O)CCC(NC(=O)C1CCCN1C(=O)C(N)Cc1ccc(O)cc1)C(=O)NC(Cc1ccc(O)cc1)C(=O)O. The summed E-state index contributed by atoms with van der Waals surface area (Å²) in [5, 5.41) is 33.5. The lowest BCUT2D eigenvalue weighted by atomic mass is 10.0. The van der Waals surface area contributed by atoms with Gasteiger partial charge in [0.1, 0.15) is 29.6 Å². The normalized spacial score (nSPS) is 16.8. The number of nitrogens with two attached hydrogens (primary N) is 2. The minimum absolute atomic E-state index is 0.000336. The molecule has 3 rings (SSSR count). The molecule has 1 aliphatic heterocycles. The van der Waals surface area contributed by atoms with Gasteiger partial charge in [-0.25, -0.2) is 4.79 Å². The second-order valence-electron chi connectivity index (χ2n) is 10.0. The number of rotatable bonds is 13. The molecule has 220 valence electrons. The number of hydrogen-bond donors (Lipinski definition) is 7. The van der Waals surface area contributed by atoms with Crippen LogP contribution in [0, 0.1) is 0 Å². The van der Waals surface area contributed by atoms with E-state index in [1.165, 1.54) is 41.3 Å². The third kappa shape index (κ3) is 8.93. The fourth-order valence-electron chi connectivity index (χ4n) is 4.65. The van der Waals surface area contributed by atoms with Crippen molar-refractivity contribution in [3.8, 4) is 11.5 Å². The number of carboxylic acids is 1. The molecule has 2 aromatic carbocycles. The van der Waals surface area contributed by atoms with Gasteiger partial charge < -0.3 is 42.3 Å². The number of likely N-dealkylation sites (tertiary alicyclic amines) is 1. The number of nitrogens with zero attached hydrogens (tertiary/aromatic N) is 1. The quantitative estimate of drug-likeness (QED) is 0.165. The predicted octanol–water partition coefficient (Wildman–Crippen LogP) is -0.479. The highest BCUT2D eigenvalue weighted by Gasteiger charge is 2.38. The van der Waals surface area contributed by atoms with Crippen molar-refractivity contribution in [2.75, 3.05) is 6.54 Å². The summed E-state index contributed by atoms with van der Waals surface area (Å²) >= 11 is 0. The zero-order chi connectivity index (χ0) is 30.1. The lowest BCUT2D eigenvalue weighted by Gasteiger charge is -2.28. The van der Waals surface area contributed by atoms with Crippen LogP contribution in [0.25, 0.3) is 0 Å². The first kappa shape index (κ1) is 30.9. The van der Waals surface area contributed by atoms with Gasteiger partial charge in [0, 0.05) is 19.4 Å². The Morgan fingerprint density at radius 1 is 0.878 bits per heavy atom. The minimum atomic E-state index is -1.36. The molecule has 0 radical (unpaired) electrons. The van der Waals surface area contributed by atoms with E-state index in [1.54, 1.807) is 12.1 Å². The molecular formula is C28H35N5O8. The zero-order valence-corrected chi connectivity index (χ0v) is 22.4. The first-order valence-corrected chi connectivity index (χ1v) is 13.2. The van der Waals surface area contributed by atoms with Crippen LogP contribution < -0.4 is 22.1 Å². The number of aromatic hydroxyl groups is 2. The van der Waals surface area contributed by atoms with Gasteiger partial charge in [0.2, 0.25) is 23.6 Å². The van der Waals surface area contributed by atoms with E-state index in [9.17, 15) is 39.3 Å². The van der Waals surface area contributed by atoms with Crippen LogP contribution in [0.1, 0.15) is 36.8 Å². The average molecular weight is 570 g/mol. The Morgan fingerprint density at radius 3 is 1.98 bits per heavy atom. The molecule has 4 unspecified atom stereocenters. The van der Waals surface area contributed by atoms with Crippen LogP contribution >= 0.6 is 0 Å². The molecule has 4 amide bonds. The highest BCUT2D eigenvalue weighted by Crippen LogP contribution is 2.20. The van der Waals surface area contributed by atoms with E-state index in [1.807, 2.05) is 0 Å². The molecule has 1 fully saturated rings. The standard InChI is InChI=1S/C28H35N5O8/c29-20(14-16-3-7-18(34)8-4-16)27(39)33-13-1-2-23(33)26(38)31-21(11-12-24(30)36)25(37)32-22(28(40)41)15-17-5-9-19(35)10-6-17/h3-10,20-23,34-35H,1-2,11-15,29H2,(H2,30,36)(H,31,38)(H,32,37)(H,40,41). The van der Waals surface area contributed by atoms with Crippen molar-refractivity contribution < 1.29 is 39.3 Å². The van der Waals surface area contributed by atoms with E-state index in [-0.39, 0.29) is 43.7 Å². The number of primary amides is 1. The van der Waals surface area contributed by atoms with Gasteiger partial charge in [-0.3, -0.25) is 19.2 Å². The molecule has 0 saturated carbocycles. The number of amides is 4. The number of nitrogens with one attached hydrogen (secondary N) is 2. The van der Waals surface area contributed by atoms with E-state index in [4.69, 9.17) is 11.5 Å². The third-order valence-corrected chi connectivity index (χ3v) is 6.85. The molecule has 0 bridgehead atoms. The summed E-state index contributed by atoms with van der Waals surface area (Å²) in [6.07, 6.45) is 0.513. The van der Waals surface area contributed by atoms with E-state index in [2.05, 4.69) is 10.6 Å². The van der Waals surface area contributed by atoms with Crippen LogP contribution in [-0.2, 0) is 36.8 Å². The summed E-state index contributed by atoms with van der Waals surface area (Å²) < 4.78 is 0. The summed E-state index contributed by atoms with van der Waals surface area (Å²) in [5.74, 6) is -3.87. The number of carbonyl (C=O) groups is 5. The Morgan fingerprint density at radius 2 is 1.44 bits per heavy atom. The van der Waals surface area contributed by atoms with Gasteiger partial charge in [-0.1, -0.05) is 24.3 Å². The third-order valence-electron chi connectivity index (χ3n) is 6.85. The van der Waals surface area contributed by atoms with Crippen molar-refractivity contribution in [2.45, 2.75) is 62.7 Å². The summed E-state index contributed by atoms with van der Waals surface area (Å²) in [7, 11) is 0. The van der Waals surface area contributed by atoms with Gasteiger partial charge >= 0.3 is 5.97 Å². The van der Waals surface area contributed by atoms with Gasteiger partial charge in [0.15, 0.2) is 0 Å². The number of hydrogen-bond acceptors (Lipinski definition) is 8. The summed E-state index contributed by atoms with van der Waals surface area (Å²) in [6.45, 7) is 0.284. The first-order chi connectivity index (χ1) is 19.4. The van der Waals surface area contributed by atoms with Crippen LogP contribution in [0.15, 0.2) is 48.5 Å². The largest absolute Gasteiger partial charge is 0.508 e. The van der Waals surface area contributed by atoms with Crippen molar-refractivity contribution >= 4 is 29.6 Å². The lowest BCUT2D eigenvalue weighted by molar-refractivity contribution is -0.143. The highest BCUT2D eigenvalue weighted by molar-refractivity contribution is 5.94. The predicted molar refractivity (Wildman–Crippen MR) is 146 cm³/mol. The van der Waals surface area contributed by atoms with Crippen molar-refractivity contribution in [3.05, 3.63) is 59.7 Å². The Balaban J connectivity index is 1.68. The minimum Gasteiger partial charge on any atom is -0.508 e. The number of carbonyl (C=O) groups excluding carboxylic acids is 4. The molecule has 1 aliphatic rings. The van der Waals surface area contributed by atoms with Gasteiger partial charge in [-0.2, -0.15) is 0 Å². The molecule has 0 aromatic heterocycles. The van der Waals surface area contributed by atoms with E-state index in [0.717, 1.165) is 5.56 Å². The smallest absolute Gasteiger partial charge is 0.326 e. The lowest BCUT2D eigenvalue weighted by Crippen LogP contribution is -2.57. The van der Waals surface area contributed by atoms with E-state index < -0.39 is 53.8 Å². The molecule has 4 atom stereocenters. The Kier molecular flexibility index (Phi) is 10.6. The maximum absolute atomic E-state index is 13.3. The monoisotopic (exact) mass is 569 g/mol. The van der Waals surface area contributed by atoms with Crippen LogP contribution in [0.4, 0.5) is 0 Å². The Labute approximate surface area is 236 Å². The molecular weight excluding hydrogens is 534 g/mol. The van der Waals surface area contributed by atoms with Crippen molar-refractivity contribution in [3.63, 3.8) is 0 Å². The van der Waals surface area contributed by atoms with E-state index in [0.29, 0.717) is 18.4 Å². The summed E-state index contributed by atoms with van der Waals surface area (Å²) in [4.78, 5) is 64.2.